The average Bonchev–Trinajstić information content (AvgIpc) is 2.79. The fourth-order valence-corrected chi connectivity index (χ4v) is 3.11. The second-order valence-corrected chi connectivity index (χ2v) is 6.03. The summed E-state index contributed by atoms with van der Waals surface area (Å²) in [6.45, 7) is 2.19. The molecule has 2 aromatic rings. The van der Waals surface area contributed by atoms with Gasteiger partial charge in [-0.05, 0) is 50.9 Å². The monoisotopic (exact) mass is 417 g/mol. The lowest BCUT2D eigenvalue weighted by atomic mass is 10.2. The largest absolute Gasteiger partial charge is 0.495 e. The number of aromatic carboxylic acids is 1. The van der Waals surface area contributed by atoms with Gasteiger partial charge in [0.25, 0.3) is 0 Å². The Morgan fingerprint density at radius 3 is 2.62 bits per heavy atom. The summed E-state index contributed by atoms with van der Waals surface area (Å²) in [4.78, 5) is 10.9. The first-order valence-corrected chi connectivity index (χ1v) is 7.60. The van der Waals surface area contributed by atoms with Crippen LogP contribution in [-0.2, 0) is 6.54 Å². The number of furan rings is 1. The SMILES string of the molecule is COc1cc(NCc2cc(C(=O)O)oc2C)c(Br)cc1Br. The zero-order chi connectivity index (χ0) is 15.6. The fraction of sp³-hybridized carbons (Fsp3) is 0.214. The number of hydrogen-bond donors (Lipinski definition) is 2. The highest BCUT2D eigenvalue weighted by atomic mass is 79.9. The van der Waals surface area contributed by atoms with E-state index in [1.807, 2.05) is 12.1 Å². The molecule has 7 heteroatoms. The molecule has 1 heterocycles. The summed E-state index contributed by atoms with van der Waals surface area (Å²) in [5.41, 5.74) is 1.63. The van der Waals surface area contributed by atoms with Gasteiger partial charge in [0.05, 0.1) is 17.3 Å². The van der Waals surface area contributed by atoms with Gasteiger partial charge >= 0.3 is 5.97 Å². The number of anilines is 1. The average molecular weight is 419 g/mol. The quantitative estimate of drug-likeness (QED) is 0.751. The van der Waals surface area contributed by atoms with E-state index in [0.29, 0.717) is 18.1 Å². The number of carboxylic acid groups (broad SMARTS) is 1. The summed E-state index contributed by atoms with van der Waals surface area (Å²) in [7, 11) is 1.59. The van der Waals surface area contributed by atoms with E-state index in [2.05, 4.69) is 37.2 Å². The fourth-order valence-electron chi connectivity index (χ4n) is 1.81. The topological polar surface area (TPSA) is 71.7 Å². The number of hydrogen-bond acceptors (Lipinski definition) is 4. The smallest absolute Gasteiger partial charge is 0.371 e. The van der Waals surface area contributed by atoms with Crippen molar-refractivity contribution in [2.45, 2.75) is 13.5 Å². The van der Waals surface area contributed by atoms with Gasteiger partial charge in [0.2, 0.25) is 5.76 Å². The highest BCUT2D eigenvalue weighted by Crippen LogP contribution is 2.34. The molecule has 1 aromatic carbocycles. The first kappa shape index (κ1) is 15.9. The predicted molar refractivity (Wildman–Crippen MR) is 86.1 cm³/mol. The lowest BCUT2D eigenvalue weighted by Gasteiger charge is -2.11. The van der Waals surface area contributed by atoms with Crippen molar-refractivity contribution in [2.24, 2.45) is 0 Å². The van der Waals surface area contributed by atoms with E-state index in [4.69, 9.17) is 14.3 Å². The first-order chi connectivity index (χ1) is 9.92. The molecule has 0 amide bonds. The molecule has 2 rings (SSSR count). The van der Waals surface area contributed by atoms with Crippen LogP contribution in [0, 0.1) is 6.92 Å². The van der Waals surface area contributed by atoms with Gasteiger partial charge in [-0.1, -0.05) is 0 Å². The van der Waals surface area contributed by atoms with Crippen molar-refractivity contribution < 1.29 is 19.1 Å². The van der Waals surface area contributed by atoms with Crippen LogP contribution in [0.15, 0.2) is 31.6 Å². The van der Waals surface area contributed by atoms with Crippen molar-refractivity contribution in [3.8, 4) is 5.75 Å². The molecule has 0 aliphatic heterocycles. The summed E-state index contributed by atoms with van der Waals surface area (Å²) >= 11 is 6.87. The molecule has 0 bridgehead atoms. The molecule has 112 valence electrons. The highest BCUT2D eigenvalue weighted by Gasteiger charge is 2.13. The molecular formula is C14H13Br2NO4. The first-order valence-electron chi connectivity index (χ1n) is 6.02. The van der Waals surface area contributed by atoms with Crippen LogP contribution in [0.5, 0.6) is 5.75 Å². The Labute approximate surface area is 138 Å². The Hall–Kier alpha value is -1.47. The summed E-state index contributed by atoms with van der Waals surface area (Å²) in [5.74, 6) is 0.156. The summed E-state index contributed by atoms with van der Waals surface area (Å²) in [6, 6.07) is 5.25. The Kier molecular flexibility index (Phi) is 4.95. The van der Waals surface area contributed by atoms with Crippen molar-refractivity contribution in [2.75, 3.05) is 12.4 Å². The third kappa shape index (κ3) is 3.59. The zero-order valence-electron chi connectivity index (χ0n) is 11.4. The maximum absolute atomic E-state index is 10.9. The minimum atomic E-state index is -1.07. The molecule has 0 aliphatic carbocycles. The van der Waals surface area contributed by atoms with Crippen LogP contribution in [-0.4, -0.2) is 18.2 Å². The van der Waals surface area contributed by atoms with E-state index in [1.165, 1.54) is 6.07 Å². The van der Waals surface area contributed by atoms with E-state index in [9.17, 15) is 4.79 Å². The highest BCUT2D eigenvalue weighted by molar-refractivity contribution is 9.11. The maximum atomic E-state index is 10.9. The minimum Gasteiger partial charge on any atom is -0.495 e. The maximum Gasteiger partial charge on any atom is 0.371 e. The number of halogens is 2. The number of rotatable bonds is 5. The second kappa shape index (κ2) is 6.53. The molecule has 0 unspecified atom stereocenters. The summed E-state index contributed by atoms with van der Waals surface area (Å²) in [5, 5.41) is 12.1. The molecule has 0 spiro atoms. The van der Waals surface area contributed by atoms with E-state index in [-0.39, 0.29) is 5.76 Å². The molecule has 2 N–H and O–H groups in total. The second-order valence-electron chi connectivity index (χ2n) is 4.32. The molecule has 1 aromatic heterocycles. The molecule has 0 saturated heterocycles. The van der Waals surface area contributed by atoms with Crippen LogP contribution in [0.2, 0.25) is 0 Å². The normalized spacial score (nSPS) is 10.5. The van der Waals surface area contributed by atoms with Gasteiger partial charge in [-0.15, -0.1) is 0 Å². The molecule has 0 fully saturated rings. The number of carbonyl (C=O) groups is 1. The van der Waals surface area contributed by atoms with Crippen molar-refractivity contribution in [3.63, 3.8) is 0 Å². The van der Waals surface area contributed by atoms with Gasteiger partial charge in [0, 0.05) is 22.6 Å². The Morgan fingerprint density at radius 1 is 1.33 bits per heavy atom. The predicted octanol–water partition coefficient (Wildman–Crippen LogP) is 4.43. The van der Waals surface area contributed by atoms with Gasteiger partial charge in [0.1, 0.15) is 11.5 Å². The zero-order valence-corrected chi connectivity index (χ0v) is 14.5. The van der Waals surface area contributed by atoms with E-state index in [1.54, 1.807) is 14.0 Å². The summed E-state index contributed by atoms with van der Waals surface area (Å²) < 4.78 is 12.1. The van der Waals surface area contributed by atoms with Crippen LogP contribution in [0.1, 0.15) is 21.9 Å². The molecule has 5 nitrogen and oxygen atoms in total. The molecule has 21 heavy (non-hydrogen) atoms. The lowest BCUT2D eigenvalue weighted by molar-refractivity contribution is 0.0661. The molecular weight excluding hydrogens is 406 g/mol. The number of carboxylic acids is 1. The molecule has 0 radical (unpaired) electrons. The van der Waals surface area contributed by atoms with Crippen molar-refractivity contribution >= 4 is 43.5 Å². The van der Waals surface area contributed by atoms with Gasteiger partial charge < -0.3 is 19.6 Å². The van der Waals surface area contributed by atoms with E-state index >= 15 is 0 Å². The number of aryl methyl sites for hydroxylation is 1. The number of methoxy groups -OCH3 is 1. The number of benzene rings is 1. The van der Waals surface area contributed by atoms with Crippen LogP contribution >= 0.6 is 31.9 Å². The van der Waals surface area contributed by atoms with Crippen molar-refractivity contribution in [1.82, 2.24) is 0 Å². The number of nitrogens with one attached hydrogen (secondary N) is 1. The Morgan fingerprint density at radius 2 is 2.05 bits per heavy atom. The van der Waals surface area contributed by atoms with Crippen molar-refractivity contribution in [3.05, 3.63) is 44.2 Å². The van der Waals surface area contributed by atoms with Crippen molar-refractivity contribution in [1.29, 1.82) is 0 Å². The van der Waals surface area contributed by atoms with Crippen LogP contribution < -0.4 is 10.1 Å². The lowest BCUT2D eigenvalue weighted by Crippen LogP contribution is -2.01. The van der Waals surface area contributed by atoms with Gasteiger partial charge in [-0.3, -0.25) is 0 Å². The van der Waals surface area contributed by atoms with Crippen LogP contribution in [0.25, 0.3) is 0 Å². The molecule has 0 atom stereocenters. The van der Waals surface area contributed by atoms with Gasteiger partial charge in [-0.25, -0.2) is 4.79 Å². The Bertz CT molecular complexity index is 682. The third-order valence-corrected chi connectivity index (χ3v) is 4.22. The van der Waals surface area contributed by atoms with E-state index in [0.717, 1.165) is 20.2 Å². The standard InChI is InChI=1S/C14H13Br2NO4/c1-7-8(3-13(21-7)14(18)19)6-17-11-5-12(20-2)10(16)4-9(11)15/h3-5,17H,6H2,1-2H3,(H,18,19). The van der Waals surface area contributed by atoms with Crippen LogP contribution in [0.4, 0.5) is 5.69 Å². The Balaban J connectivity index is 2.18. The van der Waals surface area contributed by atoms with Gasteiger partial charge in [-0.2, -0.15) is 0 Å². The summed E-state index contributed by atoms with van der Waals surface area (Å²) in [6.07, 6.45) is 0. The van der Waals surface area contributed by atoms with E-state index < -0.39 is 5.97 Å². The van der Waals surface area contributed by atoms with Gasteiger partial charge in [0.15, 0.2) is 0 Å². The third-order valence-electron chi connectivity index (χ3n) is 2.94. The van der Waals surface area contributed by atoms with Crippen LogP contribution in [0.3, 0.4) is 0 Å². The molecule has 0 saturated carbocycles. The minimum absolute atomic E-state index is 0.0586. The molecule has 0 aliphatic rings. The number of ether oxygens (including phenoxy) is 1.